The van der Waals surface area contributed by atoms with Crippen molar-refractivity contribution in [3.63, 3.8) is 0 Å². The zero-order chi connectivity index (χ0) is 11.0. The fourth-order valence-corrected chi connectivity index (χ4v) is 1.62. The summed E-state index contributed by atoms with van der Waals surface area (Å²) in [5.74, 6) is 0. The number of hydrogen-bond acceptors (Lipinski definition) is 4. The quantitative estimate of drug-likeness (QED) is 0.539. The molecule has 4 N–H and O–H groups in total. The van der Waals surface area contributed by atoms with Crippen LogP contribution in [0.3, 0.4) is 0 Å². The molecule has 0 aromatic carbocycles. The standard InChI is InChI=1S/C10H26N4/c1-4-5-7-14(8-6-11)10(9-12)13(2)3/h10H,4-9,11-12H2,1-3H3. The van der Waals surface area contributed by atoms with Crippen LogP contribution in [0.1, 0.15) is 19.8 Å². The van der Waals surface area contributed by atoms with Gasteiger partial charge in [0, 0.05) is 19.6 Å². The Bertz CT molecular complexity index is 127. The van der Waals surface area contributed by atoms with Crippen molar-refractivity contribution in [1.82, 2.24) is 9.80 Å². The molecule has 4 nitrogen and oxygen atoms in total. The van der Waals surface area contributed by atoms with E-state index in [1.807, 2.05) is 0 Å². The minimum absolute atomic E-state index is 0.324. The van der Waals surface area contributed by atoms with E-state index in [4.69, 9.17) is 11.5 Å². The predicted molar refractivity (Wildman–Crippen MR) is 62.1 cm³/mol. The molecule has 86 valence electrons. The molecular weight excluding hydrogens is 176 g/mol. The summed E-state index contributed by atoms with van der Waals surface area (Å²) in [5.41, 5.74) is 11.3. The van der Waals surface area contributed by atoms with Crippen LogP contribution in [0.5, 0.6) is 0 Å². The molecule has 0 aliphatic heterocycles. The van der Waals surface area contributed by atoms with Crippen LogP contribution >= 0.6 is 0 Å². The van der Waals surface area contributed by atoms with Gasteiger partial charge < -0.3 is 11.5 Å². The van der Waals surface area contributed by atoms with Crippen LogP contribution in [0.15, 0.2) is 0 Å². The Kier molecular flexibility index (Phi) is 8.08. The molecule has 14 heavy (non-hydrogen) atoms. The highest BCUT2D eigenvalue weighted by atomic mass is 15.3. The molecule has 0 radical (unpaired) electrons. The first kappa shape index (κ1) is 13.8. The topological polar surface area (TPSA) is 58.5 Å². The number of nitrogens with two attached hydrogens (primary N) is 2. The molecule has 0 rings (SSSR count). The lowest BCUT2D eigenvalue weighted by atomic mass is 10.2. The van der Waals surface area contributed by atoms with E-state index in [2.05, 4.69) is 30.8 Å². The molecule has 0 bridgehead atoms. The third kappa shape index (κ3) is 4.91. The first-order chi connectivity index (χ1) is 6.67. The molecule has 0 aliphatic rings. The molecule has 0 aliphatic carbocycles. The van der Waals surface area contributed by atoms with Gasteiger partial charge in [-0.3, -0.25) is 9.80 Å². The van der Waals surface area contributed by atoms with Crippen LogP contribution < -0.4 is 11.5 Å². The zero-order valence-electron chi connectivity index (χ0n) is 9.87. The predicted octanol–water partition coefficient (Wildman–Crippen LogP) is -0.106. The van der Waals surface area contributed by atoms with Gasteiger partial charge in [-0.2, -0.15) is 0 Å². The minimum atomic E-state index is 0.324. The number of hydrogen-bond donors (Lipinski definition) is 2. The molecule has 0 spiro atoms. The summed E-state index contributed by atoms with van der Waals surface area (Å²) in [5, 5.41) is 0. The Labute approximate surface area is 88.2 Å². The van der Waals surface area contributed by atoms with E-state index in [9.17, 15) is 0 Å². The fourth-order valence-electron chi connectivity index (χ4n) is 1.62. The third-order valence-electron chi connectivity index (χ3n) is 2.44. The Hall–Kier alpha value is -0.160. The van der Waals surface area contributed by atoms with Gasteiger partial charge in [-0.1, -0.05) is 13.3 Å². The molecule has 0 aromatic heterocycles. The molecule has 0 fully saturated rings. The minimum Gasteiger partial charge on any atom is -0.329 e. The van der Waals surface area contributed by atoms with Gasteiger partial charge in [-0.15, -0.1) is 0 Å². The first-order valence-electron chi connectivity index (χ1n) is 5.48. The van der Waals surface area contributed by atoms with Crippen molar-refractivity contribution < 1.29 is 0 Å². The Morgan fingerprint density at radius 1 is 1.14 bits per heavy atom. The van der Waals surface area contributed by atoms with Crippen molar-refractivity contribution in [2.75, 3.05) is 40.3 Å². The maximum absolute atomic E-state index is 5.75. The van der Waals surface area contributed by atoms with Crippen molar-refractivity contribution in [3.8, 4) is 0 Å². The second-order valence-electron chi connectivity index (χ2n) is 3.86. The monoisotopic (exact) mass is 202 g/mol. The number of nitrogens with zero attached hydrogens (tertiary/aromatic N) is 2. The number of likely N-dealkylation sites (N-methyl/N-ethyl adjacent to an activating group) is 1. The van der Waals surface area contributed by atoms with Crippen molar-refractivity contribution in [3.05, 3.63) is 0 Å². The summed E-state index contributed by atoms with van der Waals surface area (Å²) in [7, 11) is 4.12. The Morgan fingerprint density at radius 3 is 2.14 bits per heavy atom. The molecule has 1 atom stereocenters. The molecule has 0 heterocycles. The van der Waals surface area contributed by atoms with Crippen LogP contribution in [-0.2, 0) is 0 Å². The Balaban J connectivity index is 4.12. The average molecular weight is 202 g/mol. The van der Waals surface area contributed by atoms with Gasteiger partial charge in [-0.05, 0) is 27.1 Å². The maximum atomic E-state index is 5.75. The highest BCUT2D eigenvalue weighted by molar-refractivity contribution is 4.70. The molecular formula is C10H26N4. The van der Waals surface area contributed by atoms with Gasteiger partial charge in [-0.25, -0.2) is 0 Å². The lowest BCUT2D eigenvalue weighted by Gasteiger charge is -2.35. The van der Waals surface area contributed by atoms with Crippen LogP contribution in [0, 0.1) is 0 Å². The van der Waals surface area contributed by atoms with Crippen LogP contribution in [-0.4, -0.2) is 56.2 Å². The van der Waals surface area contributed by atoms with E-state index in [1.54, 1.807) is 0 Å². The van der Waals surface area contributed by atoms with Crippen LogP contribution in [0.4, 0.5) is 0 Å². The van der Waals surface area contributed by atoms with Crippen molar-refractivity contribution >= 4 is 0 Å². The fraction of sp³-hybridized carbons (Fsp3) is 1.00. The lowest BCUT2D eigenvalue weighted by Crippen LogP contribution is -2.51. The molecule has 0 saturated carbocycles. The summed E-state index contributed by atoms with van der Waals surface area (Å²) < 4.78 is 0. The second kappa shape index (κ2) is 8.17. The van der Waals surface area contributed by atoms with E-state index in [0.29, 0.717) is 19.3 Å². The number of rotatable bonds is 8. The van der Waals surface area contributed by atoms with Gasteiger partial charge >= 0.3 is 0 Å². The van der Waals surface area contributed by atoms with Crippen molar-refractivity contribution in [2.24, 2.45) is 11.5 Å². The summed E-state index contributed by atoms with van der Waals surface area (Å²) in [6.45, 7) is 5.59. The smallest absolute Gasteiger partial charge is 0.0744 e. The summed E-state index contributed by atoms with van der Waals surface area (Å²) in [6.07, 6.45) is 2.75. The van der Waals surface area contributed by atoms with E-state index in [1.165, 1.54) is 12.8 Å². The van der Waals surface area contributed by atoms with Gasteiger partial charge in [0.05, 0.1) is 6.17 Å². The summed E-state index contributed by atoms with van der Waals surface area (Å²) >= 11 is 0. The van der Waals surface area contributed by atoms with Crippen LogP contribution in [0.2, 0.25) is 0 Å². The largest absolute Gasteiger partial charge is 0.329 e. The van der Waals surface area contributed by atoms with Gasteiger partial charge in [0.1, 0.15) is 0 Å². The van der Waals surface area contributed by atoms with Gasteiger partial charge in [0.25, 0.3) is 0 Å². The number of unbranched alkanes of at least 4 members (excludes halogenated alkanes) is 1. The molecule has 4 heteroatoms. The third-order valence-corrected chi connectivity index (χ3v) is 2.44. The summed E-state index contributed by atoms with van der Waals surface area (Å²) in [6, 6.07) is 0. The van der Waals surface area contributed by atoms with Crippen molar-refractivity contribution in [1.29, 1.82) is 0 Å². The van der Waals surface area contributed by atoms with Crippen LogP contribution in [0.25, 0.3) is 0 Å². The first-order valence-corrected chi connectivity index (χ1v) is 5.48. The van der Waals surface area contributed by atoms with E-state index >= 15 is 0 Å². The molecule has 0 amide bonds. The maximum Gasteiger partial charge on any atom is 0.0744 e. The molecule has 0 aromatic rings. The zero-order valence-corrected chi connectivity index (χ0v) is 9.87. The van der Waals surface area contributed by atoms with Crippen molar-refractivity contribution in [2.45, 2.75) is 25.9 Å². The van der Waals surface area contributed by atoms with Gasteiger partial charge in [0.2, 0.25) is 0 Å². The van der Waals surface area contributed by atoms with E-state index in [-0.39, 0.29) is 0 Å². The van der Waals surface area contributed by atoms with E-state index in [0.717, 1.165) is 13.1 Å². The summed E-state index contributed by atoms with van der Waals surface area (Å²) in [4.78, 5) is 4.52. The molecule has 1 unspecified atom stereocenters. The second-order valence-corrected chi connectivity index (χ2v) is 3.86. The average Bonchev–Trinajstić information content (AvgIpc) is 2.14. The normalized spacial score (nSPS) is 13.9. The lowest BCUT2D eigenvalue weighted by molar-refractivity contribution is 0.0867. The van der Waals surface area contributed by atoms with E-state index < -0.39 is 0 Å². The SMILES string of the molecule is CCCCN(CCN)C(CN)N(C)C. The van der Waals surface area contributed by atoms with Gasteiger partial charge in [0.15, 0.2) is 0 Å². The highest BCUT2D eigenvalue weighted by Crippen LogP contribution is 2.03. The highest BCUT2D eigenvalue weighted by Gasteiger charge is 2.17. The Morgan fingerprint density at radius 2 is 1.79 bits per heavy atom. The molecule has 0 saturated heterocycles.